The molecule has 0 saturated heterocycles. The van der Waals surface area contributed by atoms with E-state index in [9.17, 15) is 9.18 Å². The molecule has 3 N–H and O–H groups in total. The number of anilines is 1. The third kappa shape index (κ3) is 9.69. The van der Waals surface area contributed by atoms with E-state index < -0.39 is 11.5 Å². The topological polar surface area (TPSA) is 83.4 Å². The summed E-state index contributed by atoms with van der Waals surface area (Å²) in [6, 6.07) is 12.4. The second-order valence-electron chi connectivity index (χ2n) is 9.65. The number of carbonyl (C=O) groups excluding carboxylic acids is 1. The highest BCUT2D eigenvalue weighted by atomic mass is 19.1. The Balaban J connectivity index is 0.00000352. The van der Waals surface area contributed by atoms with Gasteiger partial charge in [0.1, 0.15) is 23.4 Å². The van der Waals surface area contributed by atoms with E-state index >= 15 is 0 Å². The van der Waals surface area contributed by atoms with E-state index in [1.165, 1.54) is 18.4 Å². The lowest BCUT2D eigenvalue weighted by Crippen LogP contribution is -2.44. The van der Waals surface area contributed by atoms with Gasteiger partial charge in [-0.3, -0.25) is 4.79 Å². The molecule has 0 bridgehead atoms. The van der Waals surface area contributed by atoms with E-state index in [-0.39, 0.29) is 23.8 Å². The molecule has 0 fully saturated rings. The first kappa shape index (κ1) is 32.4. The van der Waals surface area contributed by atoms with Gasteiger partial charge in [-0.15, -0.1) is 0 Å². The molecule has 38 heavy (non-hydrogen) atoms. The maximum Gasteiger partial charge on any atom is 0.225 e. The minimum atomic E-state index is -0.554. The number of benzene rings is 2. The fraction of sp³-hybridized carbons (Fsp3) is 0.419. The Hall–Kier alpha value is -3.61. The van der Waals surface area contributed by atoms with E-state index in [1.54, 1.807) is 32.2 Å². The van der Waals surface area contributed by atoms with Crippen molar-refractivity contribution in [2.24, 2.45) is 5.41 Å². The van der Waals surface area contributed by atoms with Gasteiger partial charge in [-0.05, 0) is 51.1 Å². The first-order chi connectivity index (χ1) is 18.0. The van der Waals surface area contributed by atoms with Crippen LogP contribution in [0.1, 0.15) is 72.6 Å². The Bertz CT molecular complexity index is 1110. The van der Waals surface area contributed by atoms with Crippen LogP contribution in [0.3, 0.4) is 0 Å². The molecule has 2 aromatic carbocycles. The number of amides is 1. The zero-order valence-electron chi connectivity index (χ0n) is 24.2. The number of hydrogen-bond donors (Lipinski definition) is 3. The Morgan fingerprint density at radius 1 is 1.11 bits per heavy atom. The second kappa shape index (κ2) is 15.6. The minimum absolute atomic E-state index is 0.0883. The number of carbonyl (C=O) groups is 1. The lowest BCUT2D eigenvalue weighted by atomic mass is 9.94. The third-order valence-corrected chi connectivity index (χ3v) is 5.58. The highest BCUT2D eigenvalue weighted by molar-refractivity contribution is 5.86. The third-order valence-electron chi connectivity index (χ3n) is 5.58. The summed E-state index contributed by atoms with van der Waals surface area (Å²) in [5, 5.41) is 14.2. The van der Waals surface area contributed by atoms with Crippen molar-refractivity contribution < 1.29 is 18.7 Å². The van der Waals surface area contributed by atoms with Crippen molar-refractivity contribution in [3.8, 4) is 11.5 Å². The summed E-state index contributed by atoms with van der Waals surface area (Å²) in [4.78, 5) is 12.7. The van der Waals surface area contributed by atoms with E-state index in [4.69, 9.17) is 14.9 Å². The normalized spacial score (nSPS) is 14.0. The largest absolute Gasteiger partial charge is 0.496 e. The summed E-state index contributed by atoms with van der Waals surface area (Å²) in [7, 11) is 1.60. The summed E-state index contributed by atoms with van der Waals surface area (Å²) >= 11 is 0. The molecule has 3 atom stereocenters. The summed E-state index contributed by atoms with van der Waals surface area (Å²) < 4.78 is 25.4. The maximum absolute atomic E-state index is 13.4. The molecule has 0 aliphatic carbocycles. The molecule has 0 saturated carbocycles. The molecule has 2 unspecified atom stereocenters. The molecule has 0 aliphatic heterocycles. The minimum Gasteiger partial charge on any atom is -0.496 e. The monoisotopic (exact) mass is 525 g/mol. The number of para-hydroxylation sites is 1. The SMILES string of the molecule is C/C=C(F)\C=C/C(C)Nc1ccc(O[C@H](c2ccccc2OC)C(C)NC(=O)C(C)(C)C)cc1C=N.CC. The van der Waals surface area contributed by atoms with Gasteiger partial charge in [-0.2, -0.15) is 0 Å². The van der Waals surface area contributed by atoms with Crippen LogP contribution in [0.2, 0.25) is 0 Å². The molecule has 208 valence electrons. The number of nitrogens with one attached hydrogen (secondary N) is 3. The molecule has 0 aliphatic rings. The quantitative estimate of drug-likeness (QED) is 0.208. The fourth-order valence-electron chi connectivity index (χ4n) is 3.47. The van der Waals surface area contributed by atoms with Gasteiger partial charge < -0.3 is 25.5 Å². The van der Waals surface area contributed by atoms with Crippen molar-refractivity contribution in [2.75, 3.05) is 12.4 Å². The first-order valence-corrected chi connectivity index (χ1v) is 13.0. The van der Waals surface area contributed by atoms with Crippen LogP contribution in [-0.2, 0) is 4.79 Å². The standard InChI is InChI=1S/C29H38FN3O3.C2H6/c1-8-22(30)14-13-19(2)32-25-16-15-23(17-21(25)18-31)36-27(20(3)33-28(34)29(4,5)6)24-11-9-10-12-26(24)35-7;1-2/h8-20,27,31-32H,1-7H3,(H,33,34);1-2H3/b14-13-,22-8+,31-18?;/t19?,20?,27-;/m0./s1. The van der Waals surface area contributed by atoms with Gasteiger partial charge in [-0.25, -0.2) is 4.39 Å². The van der Waals surface area contributed by atoms with Gasteiger partial charge in [-0.1, -0.05) is 65.0 Å². The van der Waals surface area contributed by atoms with Crippen LogP contribution in [0.15, 0.2) is 66.5 Å². The zero-order chi connectivity index (χ0) is 28.9. The lowest BCUT2D eigenvalue weighted by molar-refractivity contribution is -0.129. The molecule has 0 spiro atoms. The van der Waals surface area contributed by atoms with E-state index in [2.05, 4.69) is 10.6 Å². The Kier molecular flexibility index (Phi) is 13.3. The van der Waals surface area contributed by atoms with Gasteiger partial charge in [0.05, 0.1) is 13.2 Å². The maximum atomic E-state index is 13.4. The summed E-state index contributed by atoms with van der Waals surface area (Å²) in [6.07, 6.45) is 5.20. The van der Waals surface area contributed by atoms with Crippen LogP contribution in [0.5, 0.6) is 11.5 Å². The number of halogens is 1. The number of hydrogen-bond acceptors (Lipinski definition) is 5. The van der Waals surface area contributed by atoms with Gasteiger partial charge in [0.15, 0.2) is 0 Å². The fourth-order valence-corrected chi connectivity index (χ4v) is 3.47. The van der Waals surface area contributed by atoms with Crippen molar-refractivity contribution in [3.05, 3.63) is 77.6 Å². The van der Waals surface area contributed by atoms with Crippen molar-refractivity contribution in [1.29, 1.82) is 5.41 Å². The Morgan fingerprint density at radius 3 is 2.34 bits per heavy atom. The molecule has 7 heteroatoms. The number of ether oxygens (including phenoxy) is 2. The van der Waals surface area contributed by atoms with Gasteiger partial charge >= 0.3 is 0 Å². The lowest BCUT2D eigenvalue weighted by Gasteiger charge is -2.30. The van der Waals surface area contributed by atoms with Crippen LogP contribution in [0.25, 0.3) is 0 Å². The van der Waals surface area contributed by atoms with E-state index in [0.29, 0.717) is 17.1 Å². The molecule has 0 radical (unpaired) electrons. The van der Waals surface area contributed by atoms with Crippen LogP contribution in [0, 0.1) is 10.8 Å². The molecule has 6 nitrogen and oxygen atoms in total. The average Bonchev–Trinajstić information content (AvgIpc) is 2.91. The summed E-state index contributed by atoms with van der Waals surface area (Å²) in [5.41, 5.74) is 1.58. The molecule has 0 aromatic heterocycles. The smallest absolute Gasteiger partial charge is 0.225 e. The predicted octanol–water partition coefficient (Wildman–Crippen LogP) is 7.62. The van der Waals surface area contributed by atoms with Crippen LogP contribution in [0.4, 0.5) is 10.1 Å². The van der Waals surface area contributed by atoms with E-state index in [0.717, 1.165) is 11.3 Å². The first-order valence-electron chi connectivity index (χ1n) is 13.0. The number of methoxy groups -OCH3 is 1. The number of allylic oxidation sites excluding steroid dienone is 3. The molecule has 1 amide bonds. The molecular weight excluding hydrogens is 481 g/mol. The molecular formula is C31H44FN3O3. The second-order valence-corrected chi connectivity index (χ2v) is 9.65. The highest BCUT2D eigenvalue weighted by Gasteiger charge is 2.30. The average molecular weight is 526 g/mol. The van der Waals surface area contributed by atoms with E-state index in [1.807, 2.05) is 78.8 Å². The Labute approximate surface area is 227 Å². The predicted molar refractivity (Wildman–Crippen MR) is 156 cm³/mol. The molecule has 2 aromatic rings. The van der Waals surface area contributed by atoms with Crippen molar-refractivity contribution in [1.82, 2.24) is 5.32 Å². The van der Waals surface area contributed by atoms with Crippen molar-refractivity contribution in [2.45, 2.75) is 73.6 Å². The van der Waals surface area contributed by atoms with Crippen molar-refractivity contribution in [3.63, 3.8) is 0 Å². The summed E-state index contributed by atoms with van der Waals surface area (Å²) in [6.45, 7) is 15.0. The Morgan fingerprint density at radius 2 is 1.76 bits per heavy atom. The highest BCUT2D eigenvalue weighted by Crippen LogP contribution is 2.33. The summed E-state index contributed by atoms with van der Waals surface area (Å²) in [5.74, 6) is 0.790. The molecule has 2 rings (SSSR count). The van der Waals surface area contributed by atoms with Gasteiger partial charge in [0.25, 0.3) is 0 Å². The van der Waals surface area contributed by atoms with Crippen LogP contribution < -0.4 is 20.1 Å². The zero-order valence-corrected chi connectivity index (χ0v) is 24.2. The van der Waals surface area contributed by atoms with Crippen LogP contribution in [-0.4, -0.2) is 31.3 Å². The molecule has 0 heterocycles. The van der Waals surface area contributed by atoms with Gasteiger partial charge in [0.2, 0.25) is 5.91 Å². The van der Waals surface area contributed by atoms with Gasteiger partial charge in [0, 0.05) is 34.5 Å². The number of rotatable bonds is 11. The van der Waals surface area contributed by atoms with Crippen LogP contribution >= 0.6 is 0 Å². The van der Waals surface area contributed by atoms with Crippen molar-refractivity contribution >= 4 is 17.8 Å².